The number of allylic oxidation sites excluding steroid dienone is 8. The van der Waals surface area contributed by atoms with Crippen molar-refractivity contribution in [3.05, 3.63) is 144 Å². The highest BCUT2D eigenvalue weighted by Gasteiger charge is 2.51. The predicted molar refractivity (Wildman–Crippen MR) is 138 cm³/mol. The molecule has 0 heteroatoms. The van der Waals surface area contributed by atoms with E-state index in [0.29, 0.717) is 0 Å². The van der Waals surface area contributed by atoms with Gasteiger partial charge in [0.05, 0.1) is 5.41 Å². The SMILES string of the molecule is C=CC1=C(C=C)C2(C(/C=C\CC)=C(C)c3ccccc32)c2ccc(-c3ccccc3)cc21. The fourth-order valence-electron chi connectivity index (χ4n) is 5.65. The molecule has 0 saturated carbocycles. The first kappa shape index (κ1) is 20.3. The van der Waals surface area contributed by atoms with Crippen LogP contribution >= 0.6 is 0 Å². The third-order valence-electron chi connectivity index (χ3n) is 6.99. The second-order valence-electron chi connectivity index (χ2n) is 8.51. The van der Waals surface area contributed by atoms with Gasteiger partial charge < -0.3 is 0 Å². The van der Waals surface area contributed by atoms with Gasteiger partial charge in [0, 0.05) is 0 Å². The zero-order valence-electron chi connectivity index (χ0n) is 18.9. The van der Waals surface area contributed by atoms with Crippen molar-refractivity contribution < 1.29 is 0 Å². The van der Waals surface area contributed by atoms with Gasteiger partial charge in [-0.1, -0.05) is 111 Å². The van der Waals surface area contributed by atoms with Gasteiger partial charge in [-0.15, -0.1) is 0 Å². The van der Waals surface area contributed by atoms with Crippen LogP contribution in [0.3, 0.4) is 0 Å². The van der Waals surface area contributed by atoms with E-state index in [1.54, 1.807) is 0 Å². The molecule has 2 aliphatic carbocycles. The van der Waals surface area contributed by atoms with E-state index in [1.807, 2.05) is 12.2 Å². The van der Waals surface area contributed by atoms with Crippen LogP contribution in [0.1, 0.15) is 42.5 Å². The summed E-state index contributed by atoms with van der Waals surface area (Å²) in [4.78, 5) is 0. The molecule has 0 saturated heterocycles. The van der Waals surface area contributed by atoms with Gasteiger partial charge in [0.15, 0.2) is 0 Å². The molecule has 1 spiro atoms. The fourth-order valence-corrected chi connectivity index (χ4v) is 5.65. The Morgan fingerprint density at radius 3 is 2.19 bits per heavy atom. The third kappa shape index (κ3) is 2.63. The molecule has 3 aromatic rings. The first-order valence-corrected chi connectivity index (χ1v) is 11.4. The van der Waals surface area contributed by atoms with Crippen molar-refractivity contribution in [3.63, 3.8) is 0 Å². The van der Waals surface area contributed by atoms with Crippen molar-refractivity contribution in [2.24, 2.45) is 0 Å². The molecule has 32 heavy (non-hydrogen) atoms. The second-order valence-corrected chi connectivity index (χ2v) is 8.51. The maximum absolute atomic E-state index is 4.28. The van der Waals surface area contributed by atoms with Gasteiger partial charge in [-0.3, -0.25) is 0 Å². The first-order valence-electron chi connectivity index (χ1n) is 11.4. The van der Waals surface area contributed by atoms with Crippen molar-refractivity contribution in [2.75, 3.05) is 0 Å². The molecule has 3 aromatic carbocycles. The van der Waals surface area contributed by atoms with Crippen LogP contribution in [0, 0.1) is 0 Å². The number of fused-ring (bicyclic) bond motifs is 4. The molecule has 5 rings (SSSR count). The Balaban J connectivity index is 1.88. The minimum absolute atomic E-state index is 0.345. The van der Waals surface area contributed by atoms with Crippen molar-refractivity contribution in [2.45, 2.75) is 25.7 Å². The van der Waals surface area contributed by atoms with E-state index in [-0.39, 0.29) is 5.41 Å². The summed E-state index contributed by atoms with van der Waals surface area (Å²) in [6, 6.07) is 26.3. The van der Waals surface area contributed by atoms with Crippen molar-refractivity contribution in [1.29, 1.82) is 0 Å². The van der Waals surface area contributed by atoms with Crippen molar-refractivity contribution in [1.82, 2.24) is 0 Å². The average molecular weight is 413 g/mol. The number of hydrogen-bond donors (Lipinski definition) is 0. The molecule has 0 aromatic heterocycles. The Labute approximate surface area is 191 Å². The van der Waals surface area contributed by atoms with E-state index in [0.717, 1.165) is 6.42 Å². The highest BCUT2D eigenvalue weighted by Crippen LogP contribution is 2.61. The second kappa shape index (κ2) is 7.80. The Bertz CT molecular complexity index is 1330. The summed E-state index contributed by atoms with van der Waals surface area (Å²) in [5, 5.41) is 0. The van der Waals surface area contributed by atoms with Gasteiger partial charge in [-0.25, -0.2) is 0 Å². The van der Waals surface area contributed by atoms with Crippen LogP contribution in [-0.4, -0.2) is 0 Å². The van der Waals surface area contributed by atoms with E-state index < -0.39 is 0 Å². The summed E-state index contributed by atoms with van der Waals surface area (Å²) in [6.07, 6.45) is 9.67. The molecule has 156 valence electrons. The first-order chi connectivity index (χ1) is 15.7. The summed E-state index contributed by atoms with van der Waals surface area (Å²) in [5.74, 6) is 0. The molecule has 0 bridgehead atoms. The Morgan fingerprint density at radius 2 is 1.47 bits per heavy atom. The third-order valence-corrected chi connectivity index (χ3v) is 6.99. The summed E-state index contributed by atoms with van der Waals surface area (Å²) < 4.78 is 0. The van der Waals surface area contributed by atoms with Crippen LogP contribution < -0.4 is 0 Å². The smallest absolute Gasteiger partial charge is 0.0721 e. The fraction of sp³-hybridized carbons (Fsp3) is 0.125. The molecule has 1 atom stereocenters. The van der Waals surface area contributed by atoms with Crippen LogP contribution in [0.5, 0.6) is 0 Å². The minimum Gasteiger partial charge on any atom is -0.0987 e. The van der Waals surface area contributed by atoms with Gasteiger partial charge in [-0.2, -0.15) is 0 Å². The van der Waals surface area contributed by atoms with E-state index in [9.17, 15) is 0 Å². The van der Waals surface area contributed by atoms with Crippen LogP contribution in [-0.2, 0) is 5.41 Å². The van der Waals surface area contributed by atoms with Crippen LogP contribution in [0.2, 0.25) is 0 Å². The van der Waals surface area contributed by atoms with Crippen LogP contribution in [0.25, 0.3) is 22.3 Å². The summed E-state index contributed by atoms with van der Waals surface area (Å²) in [6.45, 7) is 13.0. The monoisotopic (exact) mass is 412 g/mol. The van der Waals surface area contributed by atoms with Crippen molar-refractivity contribution >= 4 is 11.1 Å². The molecule has 0 fully saturated rings. The highest BCUT2D eigenvalue weighted by atomic mass is 14.5. The zero-order chi connectivity index (χ0) is 22.3. The van der Waals surface area contributed by atoms with E-state index in [2.05, 4.69) is 112 Å². The minimum atomic E-state index is -0.345. The molecular weight excluding hydrogens is 384 g/mol. The number of hydrogen-bond acceptors (Lipinski definition) is 0. The summed E-state index contributed by atoms with van der Waals surface area (Å²) >= 11 is 0. The molecule has 0 nitrogen and oxygen atoms in total. The maximum atomic E-state index is 4.28. The topological polar surface area (TPSA) is 0 Å². The number of rotatable bonds is 5. The number of benzene rings is 3. The molecule has 0 heterocycles. The molecule has 0 aliphatic heterocycles. The molecule has 2 aliphatic rings. The van der Waals surface area contributed by atoms with Gasteiger partial charge in [0.1, 0.15) is 0 Å². The highest BCUT2D eigenvalue weighted by molar-refractivity contribution is 5.98. The van der Waals surface area contributed by atoms with Gasteiger partial charge in [0.2, 0.25) is 0 Å². The summed E-state index contributed by atoms with van der Waals surface area (Å²) in [7, 11) is 0. The maximum Gasteiger partial charge on any atom is 0.0721 e. The standard InChI is InChI=1S/C32H28/c1-5-8-17-29-22(4)26-16-12-13-18-30(26)32(29)28(7-3)25(6-2)27-21-24(19-20-31(27)32)23-14-10-9-11-15-23/h6-21H,2-3,5H2,1,4H3/b17-8-. The van der Waals surface area contributed by atoms with E-state index >= 15 is 0 Å². The molecule has 0 amide bonds. The van der Waals surface area contributed by atoms with Gasteiger partial charge in [0.25, 0.3) is 0 Å². The Morgan fingerprint density at radius 1 is 0.750 bits per heavy atom. The van der Waals surface area contributed by atoms with Gasteiger partial charge >= 0.3 is 0 Å². The van der Waals surface area contributed by atoms with Crippen LogP contribution in [0.15, 0.2) is 121 Å². The lowest BCUT2D eigenvalue weighted by Gasteiger charge is -2.32. The zero-order valence-corrected chi connectivity index (χ0v) is 18.9. The molecule has 0 N–H and O–H groups in total. The quantitative estimate of drug-likeness (QED) is 0.394. The van der Waals surface area contributed by atoms with E-state index in [1.165, 1.54) is 55.7 Å². The molecular formula is C32H28. The van der Waals surface area contributed by atoms with Crippen LogP contribution in [0.4, 0.5) is 0 Å². The lowest BCUT2D eigenvalue weighted by molar-refractivity contribution is 0.778. The largest absolute Gasteiger partial charge is 0.0987 e. The lowest BCUT2D eigenvalue weighted by Crippen LogP contribution is -2.27. The summed E-state index contributed by atoms with van der Waals surface area (Å²) in [5.41, 5.74) is 12.4. The Kier molecular flexibility index (Phi) is 4.94. The van der Waals surface area contributed by atoms with Crippen molar-refractivity contribution in [3.8, 4) is 11.1 Å². The predicted octanol–water partition coefficient (Wildman–Crippen LogP) is 8.53. The normalized spacial score (nSPS) is 19.1. The molecule has 1 unspecified atom stereocenters. The van der Waals surface area contributed by atoms with Gasteiger partial charge in [-0.05, 0) is 75.1 Å². The molecule has 0 radical (unpaired) electrons. The average Bonchev–Trinajstić information content (AvgIpc) is 3.27. The Hall–Kier alpha value is -3.64. The lowest BCUT2D eigenvalue weighted by atomic mass is 9.68. The van der Waals surface area contributed by atoms with E-state index in [4.69, 9.17) is 0 Å².